The molecule has 1 N–H and O–H groups in total. The Morgan fingerprint density at radius 3 is 2.71 bits per heavy atom. The number of fused-ring (bicyclic) bond motifs is 2. The van der Waals surface area contributed by atoms with Gasteiger partial charge in [-0.3, -0.25) is 4.79 Å². The highest BCUT2D eigenvalue weighted by atomic mass is 16.5. The zero-order valence-electron chi connectivity index (χ0n) is 15.9. The van der Waals surface area contributed by atoms with Gasteiger partial charge in [0, 0.05) is 42.1 Å². The molecule has 142 valence electrons. The van der Waals surface area contributed by atoms with Crippen LogP contribution in [0.25, 0.3) is 33.0 Å². The average Bonchev–Trinajstić information content (AvgIpc) is 3.30. The van der Waals surface area contributed by atoms with E-state index in [1.54, 1.807) is 26.3 Å². The second kappa shape index (κ2) is 6.88. The third kappa shape index (κ3) is 2.74. The SMILES string of the molecule is CCOC(=O)c1cc(C(=O)NC)c2occ(-c3cccc4c3ccn4C)c2c1. The molecule has 0 radical (unpaired) electrons. The molecular weight excluding hydrogens is 356 g/mol. The topological polar surface area (TPSA) is 73.5 Å². The first-order valence-electron chi connectivity index (χ1n) is 9.04. The van der Waals surface area contributed by atoms with Crippen molar-refractivity contribution in [2.24, 2.45) is 7.05 Å². The molecule has 0 atom stereocenters. The van der Waals surface area contributed by atoms with Crippen molar-refractivity contribution in [2.75, 3.05) is 13.7 Å². The van der Waals surface area contributed by atoms with Crippen LogP contribution in [0.4, 0.5) is 0 Å². The van der Waals surface area contributed by atoms with E-state index < -0.39 is 5.97 Å². The number of benzene rings is 2. The Hall–Kier alpha value is -3.54. The van der Waals surface area contributed by atoms with Gasteiger partial charge in [0.15, 0.2) is 0 Å². The number of aryl methyl sites for hydroxylation is 1. The molecule has 4 aromatic rings. The molecule has 0 fully saturated rings. The van der Waals surface area contributed by atoms with E-state index in [1.807, 2.05) is 42.1 Å². The van der Waals surface area contributed by atoms with Crippen LogP contribution in [-0.4, -0.2) is 30.1 Å². The molecule has 6 heteroatoms. The Kier molecular flexibility index (Phi) is 4.39. The Morgan fingerprint density at radius 2 is 1.96 bits per heavy atom. The summed E-state index contributed by atoms with van der Waals surface area (Å²) in [5.41, 5.74) is 3.93. The van der Waals surface area contributed by atoms with Crippen molar-refractivity contribution in [1.82, 2.24) is 9.88 Å². The van der Waals surface area contributed by atoms with Gasteiger partial charge in [0.1, 0.15) is 5.58 Å². The molecule has 2 aromatic heterocycles. The first kappa shape index (κ1) is 17.9. The Balaban J connectivity index is 2.01. The van der Waals surface area contributed by atoms with Crippen LogP contribution in [0.2, 0.25) is 0 Å². The van der Waals surface area contributed by atoms with Crippen molar-refractivity contribution < 1.29 is 18.7 Å². The number of carbonyl (C=O) groups excluding carboxylic acids is 2. The van der Waals surface area contributed by atoms with Gasteiger partial charge in [-0.15, -0.1) is 0 Å². The monoisotopic (exact) mass is 376 g/mol. The van der Waals surface area contributed by atoms with Gasteiger partial charge in [0.25, 0.3) is 5.91 Å². The number of hydrogen-bond acceptors (Lipinski definition) is 4. The summed E-state index contributed by atoms with van der Waals surface area (Å²) in [7, 11) is 3.53. The second-order valence-electron chi connectivity index (χ2n) is 6.51. The zero-order valence-corrected chi connectivity index (χ0v) is 15.9. The predicted molar refractivity (Wildman–Crippen MR) is 107 cm³/mol. The number of nitrogens with zero attached hydrogens (tertiary/aromatic N) is 1. The van der Waals surface area contributed by atoms with Gasteiger partial charge in [-0.1, -0.05) is 12.1 Å². The number of ether oxygens (including phenoxy) is 1. The summed E-state index contributed by atoms with van der Waals surface area (Å²) < 4.78 is 13.0. The van der Waals surface area contributed by atoms with Gasteiger partial charge in [-0.2, -0.15) is 0 Å². The number of carbonyl (C=O) groups is 2. The molecular formula is C22H20N2O4. The predicted octanol–water partition coefficient (Wildman–Crippen LogP) is 4.13. The minimum atomic E-state index is -0.473. The van der Waals surface area contributed by atoms with Crippen LogP contribution in [0.1, 0.15) is 27.6 Å². The van der Waals surface area contributed by atoms with Crippen molar-refractivity contribution >= 4 is 33.7 Å². The van der Waals surface area contributed by atoms with Crippen LogP contribution >= 0.6 is 0 Å². The molecule has 0 spiro atoms. The van der Waals surface area contributed by atoms with Crippen LogP contribution < -0.4 is 5.32 Å². The van der Waals surface area contributed by atoms with Gasteiger partial charge in [-0.05, 0) is 36.8 Å². The molecule has 2 aromatic carbocycles. The molecule has 0 aliphatic rings. The van der Waals surface area contributed by atoms with Crippen molar-refractivity contribution in [1.29, 1.82) is 0 Å². The summed E-state index contributed by atoms with van der Waals surface area (Å²) in [6, 6.07) is 11.3. The van der Waals surface area contributed by atoms with Crippen LogP contribution in [0.3, 0.4) is 0 Å². The minimum absolute atomic E-state index is 0.258. The van der Waals surface area contributed by atoms with Crippen LogP contribution in [0.15, 0.2) is 53.3 Å². The fourth-order valence-corrected chi connectivity index (χ4v) is 3.52. The number of amides is 1. The van der Waals surface area contributed by atoms with Gasteiger partial charge in [0.2, 0.25) is 0 Å². The van der Waals surface area contributed by atoms with Crippen LogP contribution in [0.5, 0.6) is 0 Å². The molecule has 0 aliphatic heterocycles. The van der Waals surface area contributed by atoms with E-state index in [0.29, 0.717) is 22.1 Å². The van der Waals surface area contributed by atoms with Crippen molar-refractivity contribution in [3.8, 4) is 11.1 Å². The summed E-state index contributed by atoms with van der Waals surface area (Å²) in [5.74, 6) is -0.797. The van der Waals surface area contributed by atoms with E-state index in [4.69, 9.17) is 9.15 Å². The Labute approximate surface area is 161 Å². The number of rotatable bonds is 4. The molecule has 2 heterocycles. The lowest BCUT2D eigenvalue weighted by atomic mass is 9.98. The highest BCUT2D eigenvalue weighted by Crippen LogP contribution is 2.37. The Bertz CT molecular complexity index is 1220. The lowest BCUT2D eigenvalue weighted by Gasteiger charge is -2.07. The normalized spacial score (nSPS) is 11.1. The number of hydrogen-bond donors (Lipinski definition) is 1. The van der Waals surface area contributed by atoms with E-state index in [0.717, 1.165) is 22.0 Å². The molecule has 4 rings (SSSR count). The first-order chi connectivity index (χ1) is 13.5. The lowest BCUT2D eigenvalue weighted by Crippen LogP contribution is -2.19. The average molecular weight is 376 g/mol. The number of nitrogens with one attached hydrogen (secondary N) is 1. The van der Waals surface area contributed by atoms with Crippen LogP contribution in [-0.2, 0) is 11.8 Å². The minimum Gasteiger partial charge on any atom is -0.463 e. The number of esters is 1. The summed E-state index contributed by atoms with van der Waals surface area (Å²) in [4.78, 5) is 24.7. The molecule has 6 nitrogen and oxygen atoms in total. The molecule has 1 amide bonds. The highest BCUT2D eigenvalue weighted by molar-refractivity contribution is 6.13. The number of aromatic nitrogens is 1. The molecule has 0 aliphatic carbocycles. The summed E-state index contributed by atoms with van der Waals surface area (Å²) in [6.45, 7) is 2.00. The first-order valence-corrected chi connectivity index (χ1v) is 9.04. The van der Waals surface area contributed by atoms with E-state index in [-0.39, 0.29) is 12.5 Å². The summed E-state index contributed by atoms with van der Waals surface area (Å²) >= 11 is 0. The summed E-state index contributed by atoms with van der Waals surface area (Å²) in [5, 5.41) is 4.36. The second-order valence-corrected chi connectivity index (χ2v) is 6.51. The maximum atomic E-state index is 12.4. The van der Waals surface area contributed by atoms with Crippen LogP contribution in [0, 0.1) is 0 Å². The van der Waals surface area contributed by atoms with Crippen molar-refractivity contribution in [3.05, 3.63) is 60.0 Å². The van der Waals surface area contributed by atoms with E-state index in [2.05, 4.69) is 5.32 Å². The molecule has 0 bridgehead atoms. The van der Waals surface area contributed by atoms with Gasteiger partial charge in [-0.25, -0.2) is 4.79 Å². The van der Waals surface area contributed by atoms with Gasteiger partial charge in [0.05, 0.1) is 24.0 Å². The fourth-order valence-electron chi connectivity index (χ4n) is 3.52. The molecule has 0 unspecified atom stereocenters. The van der Waals surface area contributed by atoms with Gasteiger partial charge >= 0.3 is 5.97 Å². The quantitative estimate of drug-likeness (QED) is 0.544. The van der Waals surface area contributed by atoms with E-state index in [9.17, 15) is 9.59 Å². The molecule has 0 saturated carbocycles. The zero-order chi connectivity index (χ0) is 19.8. The standard InChI is InChI=1S/C22H20N2O4/c1-4-27-22(26)13-10-16-18(12-28-20(16)17(11-13)21(25)23-2)14-6-5-7-19-15(14)8-9-24(19)3/h5-12H,4H2,1-3H3,(H,23,25). The van der Waals surface area contributed by atoms with Gasteiger partial charge < -0.3 is 19.0 Å². The number of furan rings is 1. The van der Waals surface area contributed by atoms with E-state index >= 15 is 0 Å². The third-order valence-corrected chi connectivity index (χ3v) is 4.87. The van der Waals surface area contributed by atoms with Crippen molar-refractivity contribution in [2.45, 2.75) is 6.92 Å². The summed E-state index contributed by atoms with van der Waals surface area (Å²) in [6.07, 6.45) is 3.63. The van der Waals surface area contributed by atoms with Crippen molar-refractivity contribution in [3.63, 3.8) is 0 Å². The fraction of sp³-hybridized carbons (Fsp3) is 0.182. The maximum Gasteiger partial charge on any atom is 0.338 e. The highest BCUT2D eigenvalue weighted by Gasteiger charge is 2.21. The molecule has 28 heavy (non-hydrogen) atoms. The third-order valence-electron chi connectivity index (χ3n) is 4.87. The Morgan fingerprint density at radius 1 is 1.14 bits per heavy atom. The smallest absolute Gasteiger partial charge is 0.338 e. The maximum absolute atomic E-state index is 12.4. The van der Waals surface area contributed by atoms with E-state index in [1.165, 1.54) is 6.07 Å². The lowest BCUT2D eigenvalue weighted by molar-refractivity contribution is 0.0526. The largest absolute Gasteiger partial charge is 0.463 e. The molecule has 0 saturated heterocycles.